The van der Waals surface area contributed by atoms with Crippen molar-refractivity contribution < 1.29 is 14.3 Å². The molecule has 110 valence electrons. The summed E-state index contributed by atoms with van der Waals surface area (Å²) in [4.78, 5) is 16.7. The Balaban J connectivity index is 1.71. The van der Waals surface area contributed by atoms with Gasteiger partial charge in [-0.3, -0.25) is 4.79 Å². The Hall–Kier alpha value is -2.73. The van der Waals surface area contributed by atoms with Crippen molar-refractivity contribution in [3.05, 3.63) is 65.5 Å². The van der Waals surface area contributed by atoms with Crippen LogP contribution < -0.4 is 5.32 Å². The molecule has 3 rings (SSSR count). The molecule has 0 spiro atoms. The summed E-state index contributed by atoms with van der Waals surface area (Å²) in [6, 6.07) is 10.1. The van der Waals surface area contributed by atoms with Gasteiger partial charge in [0.1, 0.15) is 11.5 Å². The summed E-state index contributed by atoms with van der Waals surface area (Å²) in [5, 5.41) is 12.4. The molecule has 0 bridgehead atoms. The molecule has 22 heavy (non-hydrogen) atoms. The van der Waals surface area contributed by atoms with Gasteiger partial charge in [-0.15, -0.1) is 0 Å². The summed E-state index contributed by atoms with van der Waals surface area (Å²) in [5.41, 5.74) is 0.660. The van der Waals surface area contributed by atoms with Crippen LogP contribution in [0.25, 0.3) is 6.08 Å². The minimum Gasteiger partial charge on any atom is -0.508 e. The fourth-order valence-electron chi connectivity index (χ4n) is 1.76. The number of amides is 1. The monoisotopic (exact) mass is 312 g/mol. The molecular formula is C16H12N2O3S. The summed E-state index contributed by atoms with van der Waals surface area (Å²) >= 11 is 1.26. The molecule has 2 N–H and O–H groups in total. The highest BCUT2D eigenvalue weighted by Gasteiger charge is 2.22. The van der Waals surface area contributed by atoms with Gasteiger partial charge in [-0.2, -0.15) is 0 Å². The smallest absolute Gasteiger partial charge is 0.264 e. The molecule has 1 aromatic carbocycles. The molecule has 0 radical (unpaired) electrons. The van der Waals surface area contributed by atoms with E-state index >= 15 is 0 Å². The molecular weight excluding hydrogens is 300 g/mol. The number of rotatable bonds is 3. The number of phenolic OH excluding ortho intramolecular Hbond substituents is 1. The van der Waals surface area contributed by atoms with E-state index in [4.69, 9.17) is 4.42 Å². The first-order chi connectivity index (χ1) is 10.7. The molecule has 2 aromatic rings. The molecule has 1 aromatic heterocycles. The lowest BCUT2D eigenvalue weighted by molar-refractivity contribution is -0.115. The van der Waals surface area contributed by atoms with Gasteiger partial charge in [0, 0.05) is 0 Å². The predicted octanol–water partition coefficient (Wildman–Crippen LogP) is 3.43. The highest BCUT2D eigenvalue weighted by molar-refractivity contribution is 8.18. The average Bonchev–Trinajstić information content (AvgIpc) is 3.12. The number of furan rings is 1. The van der Waals surface area contributed by atoms with Crippen molar-refractivity contribution >= 4 is 34.6 Å². The number of thioether (sulfide) groups is 1. The molecule has 1 fully saturated rings. The molecule has 1 aliphatic heterocycles. The fourth-order valence-corrected chi connectivity index (χ4v) is 2.55. The second-order valence-corrected chi connectivity index (χ2v) is 5.43. The summed E-state index contributed by atoms with van der Waals surface area (Å²) < 4.78 is 5.17. The lowest BCUT2D eigenvalue weighted by Crippen LogP contribution is -2.19. The van der Waals surface area contributed by atoms with E-state index in [1.165, 1.54) is 11.8 Å². The van der Waals surface area contributed by atoms with Gasteiger partial charge in [-0.25, -0.2) is 4.99 Å². The largest absolute Gasteiger partial charge is 0.508 e. The third-order valence-electron chi connectivity index (χ3n) is 2.78. The van der Waals surface area contributed by atoms with Crippen molar-refractivity contribution in [3.8, 4) is 5.75 Å². The van der Waals surface area contributed by atoms with E-state index in [-0.39, 0.29) is 11.7 Å². The van der Waals surface area contributed by atoms with Crippen LogP contribution >= 0.6 is 11.8 Å². The van der Waals surface area contributed by atoms with Gasteiger partial charge in [-0.1, -0.05) is 6.08 Å². The highest BCUT2D eigenvalue weighted by atomic mass is 32.2. The maximum Gasteiger partial charge on any atom is 0.264 e. The summed E-state index contributed by atoms with van der Waals surface area (Å²) in [6.07, 6.45) is 6.83. The first kappa shape index (κ1) is 14.2. The zero-order chi connectivity index (χ0) is 15.4. The van der Waals surface area contributed by atoms with E-state index in [9.17, 15) is 9.90 Å². The van der Waals surface area contributed by atoms with E-state index in [0.29, 0.717) is 15.8 Å². The molecule has 6 heteroatoms. The van der Waals surface area contributed by atoms with Gasteiger partial charge < -0.3 is 14.8 Å². The Bertz CT molecular complexity index is 759. The second-order valence-electron chi connectivity index (χ2n) is 4.39. The van der Waals surface area contributed by atoms with Crippen LogP contribution in [0.4, 0.5) is 5.69 Å². The van der Waals surface area contributed by atoms with Crippen molar-refractivity contribution in [1.82, 2.24) is 5.32 Å². The fraction of sp³-hybridized carbons (Fsp3) is 0. The number of hydrogen-bond donors (Lipinski definition) is 2. The number of aliphatic imine (C=N–C) groups is 1. The third-order valence-corrected chi connectivity index (χ3v) is 3.71. The number of carbonyl (C=O) groups excluding carboxylic acids is 1. The lowest BCUT2D eigenvalue weighted by atomic mass is 10.3. The summed E-state index contributed by atoms with van der Waals surface area (Å²) in [5.74, 6) is 0.709. The SMILES string of the molecule is O=C1NC(=Nc2ccc(O)cc2)S/C1=C/C=C/c1ccco1. The van der Waals surface area contributed by atoms with Crippen LogP contribution in [0.1, 0.15) is 5.76 Å². The van der Waals surface area contributed by atoms with Gasteiger partial charge in [0.25, 0.3) is 5.91 Å². The van der Waals surface area contributed by atoms with Gasteiger partial charge in [0.15, 0.2) is 5.17 Å². The Labute approximate surface area is 131 Å². The molecule has 0 unspecified atom stereocenters. The van der Waals surface area contributed by atoms with Gasteiger partial charge in [0.05, 0.1) is 16.9 Å². The molecule has 1 amide bonds. The van der Waals surface area contributed by atoms with Crippen LogP contribution in [0.3, 0.4) is 0 Å². The van der Waals surface area contributed by atoms with E-state index in [1.807, 2.05) is 6.07 Å². The van der Waals surface area contributed by atoms with E-state index in [0.717, 1.165) is 5.76 Å². The first-order valence-electron chi connectivity index (χ1n) is 6.49. The van der Waals surface area contributed by atoms with Crippen LogP contribution in [0.15, 0.2) is 69.1 Å². The molecule has 0 atom stereocenters. The topological polar surface area (TPSA) is 74.8 Å². The normalized spacial score (nSPS) is 18.5. The maximum atomic E-state index is 11.8. The average molecular weight is 312 g/mol. The summed E-state index contributed by atoms with van der Waals surface area (Å²) in [7, 11) is 0. The Morgan fingerprint density at radius 2 is 2.05 bits per heavy atom. The van der Waals surface area contributed by atoms with Gasteiger partial charge in [-0.05, 0) is 60.3 Å². The Morgan fingerprint density at radius 1 is 1.23 bits per heavy atom. The minimum atomic E-state index is -0.188. The van der Waals surface area contributed by atoms with Gasteiger partial charge in [0.2, 0.25) is 0 Å². The molecule has 0 saturated carbocycles. The van der Waals surface area contributed by atoms with Crippen LogP contribution in [-0.2, 0) is 4.79 Å². The number of hydrogen-bond acceptors (Lipinski definition) is 5. The van der Waals surface area contributed by atoms with E-state index in [2.05, 4.69) is 10.3 Å². The Morgan fingerprint density at radius 3 is 2.77 bits per heavy atom. The molecule has 0 aliphatic carbocycles. The van der Waals surface area contributed by atoms with Crippen molar-refractivity contribution in [2.45, 2.75) is 0 Å². The molecule has 1 aliphatic rings. The van der Waals surface area contributed by atoms with Crippen molar-refractivity contribution in [1.29, 1.82) is 0 Å². The number of phenols is 1. The maximum absolute atomic E-state index is 11.8. The number of allylic oxidation sites excluding steroid dienone is 2. The van der Waals surface area contributed by atoms with E-state index < -0.39 is 0 Å². The number of benzene rings is 1. The number of nitrogens with one attached hydrogen (secondary N) is 1. The number of amidine groups is 1. The quantitative estimate of drug-likeness (QED) is 0.851. The van der Waals surface area contributed by atoms with Crippen molar-refractivity contribution in [2.75, 3.05) is 0 Å². The van der Waals surface area contributed by atoms with Crippen LogP contribution in [0.2, 0.25) is 0 Å². The predicted molar refractivity (Wildman–Crippen MR) is 86.8 cm³/mol. The lowest BCUT2D eigenvalue weighted by Gasteiger charge is -1.96. The number of aromatic hydroxyl groups is 1. The number of carbonyl (C=O) groups is 1. The Kier molecular flexibility index (Phi) is 4.11. The van der Waals surface area contributed by atoms with Crippen LogP contribution in [0.5, 0.6) is 5.75 Å². The minimum absolute atomic E-state index is 0.177. The third kappa shape index (κ3) is 3.48. The second kappa shape index (κ2) is 6.36. The molecule has 2 heterocycles. The van der Waals surface area contributed by atoms with Gasteiger partial charge >= 0.3 is 0 Å². The van der Waals surface area contributed by atoms with Crippen LogP contribution in [0, 0.1) is 0 Å². The van der Waals surface area contributed by atoms with Crippen molar-refractivity contribution in [3.63, 3.8) is 0 Å². The first-order valence-corrected chi connectivity index (χ1v) is 7.31. The van der Waals surface area contributed by atoms with Crippen molar-refractivity contribution in [2.24, 2.45) is 4.99 Å². The summed E-state index contributed by atoms with van der Waals surface area (Å²) in [6.45, 7) is 0. The highest BCUT2D eigenvalue weighted by Crippen LogP contribution is 2.26. The van der Waals surface area contributed by atoms with E-state index in [1.54, 1.807) is 54.8 Å². The standard InChI is InChI=1S/C16H12N2O3S/c19-12-8-6-11(7-9-12)17-16-18-15(20)14(22-16)5-1-3-13-4-2-10-21-13/h1-10,19H,(H,17,18,20)/b3-1+,14-5+. The zero-order valence-electron chi connectivity index (χ0n) is 11.4. The van der Waals surface area contributed by atoms with Crippen LogP contribution in [-0.4, -0.2) is 16.2 Å². The molecule has 1 saturated heterocycles. The number of nitrogens with zero attached hydrogens (tertiary/aromatic N) is 1. The molecule has 5 nitrogen and oxygen atoms in total. The zero-order valence-corrected chi connectivity index (χ0v) is 12.2.